The molecule has 798 valence electrons. The number of methoxy groups -OCH3 is 1. The van der Waals surface area contributed by atoms with E-state index in [4.69, 9.17) is 59.5 Å². The van der Waals surface area contributed by atoms with Gasteiger partial charge in [0.1, 0.15) is 33.0 Å². The van der Waals surface area contributed by atoms with Crippen molar-refractivity contribution in [2.24, 2.45) is 0 Å². The number of rotatable bonds is 63. The van der Waals surface area contributed by atoms with Gasteiger partial charge in [0.15, 0.2) is 0 Å². The summed E-state index contributed by atoms with van der Waals surface area (Å²) in [5.74, 6) is 0.111. The summed E-state index contributed by atoms with van der Waals surface area (Å²) in [5.41, 5.74) is 14.1. The van der Waals surface area contributed by atoms with Gasteiger partial charge in [0.05, 0.1) is 31.5 Å². The van der Waals surface area contributed by atoms with Crippen molar-refractivity contribution in [3.63, 3.8) is 0 Å². The number of halogens is 1. The molecule has 0 aliphatic carbocycles. The molecule has 2 N–H and O–H groups in total. The lowest BCUT2D eigenvalue weighted by Gasteiger charge is -2.20. The van der Waals surface area contributed by atoms with Crippen LogP contribution >= 0.6 is 29.0 Å². The molecule has 23 nitrogen and oxygen atoms in total. The molecule has 137 heavy (non-hydrogen) atoms. The number of alkyl halides is 1. The van der Waals surface area contributed by atoms with Gasteiger partial charge in [-0.25, -0.2) is 0 Å². The molecule has 1 rings (SSSR count). The van der Waals surface area contributed by atoms with Crippen molar-refractivity contribution in [3.8, 4) is 0 Å². The lowest BCUT2D eigenvalue weighted by atomic mass is 10.0. The van der Waals surface area contributed by atoms with Crippen LogP contribution in [0.1, 0.15) is 393 Å². The van der Waals surface area contributed by atoms with Crippen molar-refractivity contribution in [1.82, 2.24) is 19.6 Å². The highest BCUT2D eigenvalue weighted by Crippen LogP contribution is 2.39. The molecule has 0 bridgehead atoms. The second-order valence-corrected chi connectivity index (χ2v) is 37.5. The summed E-state index contributed by atoms with van der Waals surface area (Å²) in [6.45, 7) is 66.0. The predicted octanol–water partition coefficient (Wildman–Crippen LogP) is 26.8. The number of carbonyl (C=O) groups excluding carboxylic acids is 9. The van der Waals surface area contributed by atoms with Crippen molar-refractivity contribution in [2.45, 2.75) is 405 Å². The molecular formula is C111H203ClN4O19P2. The van der Waals surface area contributed by atoms with Crippen molar-refractivity contribution in [1.29, 1.82) is 0 Å². The van der Waals surface area contributed by atoms with E-state index in [-0.39, 0.29) is 72.3 Å². The second kappa shape index (κ2) is 105. The van der Waals surface area contributed by atoms with E-state index in [0.717, 1.165) is 206 Å². The third-order valence-electron chi connectivity index (χ3n) is 21.2. The topological polar surface area (TPSA) is 284 Å². The maximum absolute atomic E-state index is 11.4. The monoisotopic (exact) mass is 1990 g/mol. The number of unbranched alkanes of at least 4 members (excludes halogenated alkanes) is 9. The highest BCUT2D eigenvalue weighted by molar-refractivity contribution is 8.00. The van der Waals surface area contributed by atoms with E-state index in [9.17, 15) is 43.2 Å². The summed E-state index contributed by atoms with van der Waals surface area (Å²) in [7, 11) is 4.71. The smallest absolute Gasteiger partial charge is 0.302 e. The molecule has 1 aliphatic heterocycles. The molecule has 1 aliphatic rings. The van der Waals surface area contributed by atoms with Crippen molar-refractivity contribution < 1.29 is 91.0 Å². The van der Waals surface area contributed by atoms with E-state index in [2.05, 4.69) is 145 Å². The number of allylic oxidation sites excluding steroid dienone is 13. The third-order valence-corrected chi connectivity index (χ3v) is 22.2. The zero-order valence-corrected chi connectivity index (χ0v) is 95.4. The van der Waals surface area contributed by atoms with Gasteiger partial charge in [-0.1, -0.05) is 199 Å². The second-order valence-electron chi connectivity index (χ2n) is 35.9. The number of amides is 4. The van der Waals surface area contributed by atoms with Crippen LogP contribution < -0.4 is 0 Å². The number of carbonyl (C=O) groups is 9. The minimum atomic E-state index is -0.258. The lowest BCUT2D eigenvalue weighted by molar-refractivity contribution is -0.140. The van der Waals surface area contributed by atoms with Crippen molar-refractivity contribution in [3.05, 3.63) is 128 Å². The van der Waals surface area contributed by atoms with Crippen LogP contribution in [0.2, 0.25) is 0 Å². The molecule has 4 amide bonds. The number of hydrogen-bond acceptors (Lipinski definition) is 19. The number of esters is 5. The van der Waals surface area contributed by atoms with E-state index >= 15 is 0 Å². The van der Waals surface area contributed by atoms with Gasteiger partial charge in [0.2, 0.25) is 23.6 Å². The summed E-state index contributed by atoms with van der Waals surface area (Å²) >= 11 is 5.62. The Hall–Kier alpha value is -6.68. The Morgan fingerprint density at radius 1 is 0.328 bits per heavy atom. The fraction of sp³-hybridized carbons (Fsp3) is 0.721. The molecule has 0 radical (unpaired) electrons. The Kier molecular flexibility index (Phi) is 112. The summed E-state index contributed by atoms with van der Waals surface area (Å²) in [5, 5.41) is 17.3. The van der Waals surface area contributed by atoms with Gasteiger partial charge in [-0.05, 0) is 269 Å². The first-order chi connectivity index (χ1) is 64.7. The van der Waals surface area contributed by atoms with E-state index < -0.39 is 0 Å². The number of hydrogen-bond donors (Lipinski definition) is 2. The van der Waals surface area contributed by atoms with E-state index in [0.29, 0.717) is 66.7 Å². The average molecular weight is 2000 g/mol. The van der Waals surface area contributed by atoms with Crippen LogP contribution in [0.15, 0.2) is 128 Å². The highest BCUT2D eigenvalue weighted by atomic mass is 35.5. The van der Waals surface area contributed by atoms with Crippen LogP contribution in [0, 0.1) is 0 Å². The molecule has 3 unspecified atom stereocenters. The van der Waals surface area contributed by atoms with Gasteiger partial charge < -0.3 is 67.5 Å². The maximum atomic E-state index is 11.4. The Bertz CT molecular complexity index is 3390. The van der Waals surface area contributed by atoms with E-state index in [1.807, 2.05) is 89.0 Å². The van der Waals surface area contributed by atoms with Gasteiger partial charge >= 0.3 is 29.8 Å². The SMILES string of the molecule is CC(=O)OC/C=C(\C)CCC1OC1(C)C.CC(=O)OC/C=C(\C)CCC=C(C)C.CC(C)=CCC/C(C)=C/CO.CCCCCCCC/C(C)=C/COC(C)=O.CCCCN(CCC/C(C)=C/CCl)C(C)=O.CCCCN(CCC/C(C)=C/CO)C(C)=O.CCCCN(CCC/C(C)=C/COC(C)=O)C(C)=O.CCCCN(CCC/C(C)=C/COPP)C(C)=O.COCC/C(C)=C/COC(C)=O. The molecule has 0 spiro atoms. The number of aliphatic hydroxyl groups excluding tert-OH is 2. The molecule has 3 atom stereocenters. The molecule has 1 heterocycles. The summed E-state index contributed by atoms with van der Waals surface area (Å²) in [6.07, 6.45) is 55.4. The first-order valence-corrected chi connectivity index (χ1v) is 53.9. The number of epoxide rings is 1. The highest BCUT2D eigenvalue weighted by Gasteiger charge is 2.46. The first-order valence-electron chi connectivity index (χ1n) is 50.6. The number of aliphatic hydroxyl groups is 2. The van der Waals surface area contributed by atoms with Crippen molar-refractivity contribution >= 4 is 82.5 Å². The van der Waals surface area contributed by atoms with Gasteiger partial charge in [-0.3, -0.25) is 43.2 Å². The largest absolute Gasteiger partial charge is 0.462 e. The van der Waals surface area contributed by atoms with E-state index in [1.54, 1.807) is 34.8 Å². The number of nitrogens with zero attached hydrogens (tertiary/aromatic N) is 4. The average Bonchev–Trinajstić information content (AvgIpc) is 1.64. The van der Waals surface area contributed by atoms with Gasteiger partial charge in [-0.15, -0.1) is 11.6 Å². The van der Waals surface area contributed by atoms with Crippen LogP contribution in [-0.4, -0.2) is 220 Å². The molecule has 26 heteroatoms. The standard InChI is InChI=1S/C15H27NO3.C14H26O2.C13H24ClNO.C13H27NO2P2.C13H25NO2.C12H20O3.C12H20O2.C10H18O.C9H16O3/c1-5-6-10-16(14(3)17)11-7-8-13(2)9-12-19-15(4)18;1-4-5-6-7-8-9-10-13(2)11-12-16-14(3)15;1-4-5-10-15(13(3)16)11-6-7-12(2)8-9-14;1-4-5-9-14(13(3)15)10-6-7-12(2)8-11-16-18-17;1-4-5-9-14(13(3)16)10-6-7-12(2)8-11-15;1-9(7-8-14-10(2)13)5-6-11-12(3,4)15-11;1-10(2)6-5-7-11(3)8-9-14-12(4)13;1-9(2)5-4-6-10(3)7-8-11;1-8(4-6-11-3)5-7-12-9(2)10/h9H,5-8,10-12H2,1-4H3;11H,4-10,12H2,1-3H3;8H,4-7,9-11H2,1-3H3;8,18H,4-7,9-11,17H2,1-3H3;8,15H,4-7,9-11H2,1-3H3;7,11H,5-6,8H2,1-4H3;6,8H,5,7,9H2,1-4H3;5,7,11H,4,6,8H2,1-3H3;5H,4,6-7H2,1-3H3/b13-9+;13-11+;3*12-8+;9-7+;11-8+;10-7+;8-5+. The Balaban J connectivity index is -0.000000229. The van der Waals surface area contributed by atoms with E-state index in [1.165, 1.54) is 134 Å². The first kappa shape index (κ1) is 146. The maximum Gasteiger partial charge on any atom is 0.302 e. The van der Waals surface area contributed by atoms with Crippen molar-refractivity contribution in [2.75, 3.05) is 125 Å². The zero-order chi connectivity index (χ0) is 106. The van der Waals surface area contributed by atoms with Gasteiger partial charge in [-0.2, -0.15) is 0 Å². The van der Waals surface area contributed by atoms with Crippen LogP contribution in [-0.2, 0) is 80.8 Å². The van der Waals surface area contributed by atoms with Crippen LogP contribution in [0.25, 0.3) is 0 Å². The summed E-state index contributed by atoms with van der Waals surface area (Å²) in [4.78, 5) is 106. The molecule has 1 saturated heterocycles. The molecule has 0 aromatic carbocycles. The Morgan fingerprint density at radius 2 is 0.569 bits per heavy atom. The summed E-state index contributed by atoms with van der Waals surface area (Å²) < 4.78 is 39.7. The minimum Gasteiger partial charge on any atom is -0.462 e. The van der Waals surface area contributed by atoms with Gasteiger partial charge in [0.25, 0.3) is 0 Å². The van der Waals surface area contributed by atoms with Crippen LogP contribution in [0.3, 0.4) is 0 Å². The molecule has 0 saturated carbocycles. The molecular weight excluding hydrogens is 1790 g/mol. The Labute approximate surface area is 846 Å². The predicted molar refractivity (Wildman–Crippen MR) is 581 cm³/mol. The normalized spacial score (nSPS) is 12.9. The van der Waals surface area contributed by atoms with Gasteiger partial charge in [0, 0.05) is 143 Å². The minimum absolute atomic E-state index is 0.0795. The third kappa shape index (κ3) is 122. The quantitative estimate of drug-likeness (QED) is 0.0109. The van der Waals surface area contributed by atoms with Crippen LogP contribution in [0.5, 0.6) is 0 Å². The van der Waals surface area contributed by atoms with Crippen LogP contribution in [0.4, 0.5) is 0 Å². The molecule has 1 fully saturated rings. The molecule has 0 aromatic heterocycles. The summed E-state index contributed by atoms with van der Waals surface area (Å²) in [6, 6.07) is 0. The zero-order valence-electron chi connectivity index (χ0n) is 92.4. The Morgan fingerprint density at radius 3 is 0.825 bits per heavy atom. The fourth-order valence-electron chi connectivity index (χ4n) is 12.1. The molecule has 0 aromatic rings. The fourth-order valence-corrected chi connectivity index (χ4v) is 12.9. The number of ether oxygens (including phenoxy) is 7. The lowest BCUT2D eigenvalue weighted by Crippen LogP contribution is -2.30.